The zero-order valence-corrected chi connectivity index (χ0v) is 14.2. The summed E-state index contributed by atoms with van der Waals surface area (Å²) in [5.74, 6) is 2.35. The van der Waals surface area contributed by atoms with E-state index in [1.54, 1.807) is 6.07 Å². The Kier molecular flexibility index (Phi) is 4.46. The molecule has 0 saturated carbocycles. The summed E-state index contributed by atoms with van der Waals surface area (Å²) in [6.07, 6.45) is 2.70. The third kappa shape index (κ3) is 2.94. The molecule has 2 atom stereocenters. The van der Waals surface area contributed by atoms with Crippen LogP contribution >= 0.6 is 39.3 Å². The zero-order chi connectivity index (χ0) is 14.2. The molecule has 0 amide bonds. The topological polar surface area (TPSA) is 26.3 Å². The lowest BCUT2D eigenvalue weighted by Crippen LogP contribution is -2.42. The van der Waals surface area contributed by atoms with Crippen LogP contribution in [0.3, 0.4) is 0 Å². The summed E-state index contributed by atoms with van der Waals surface area (Å²) >= 11 is 11.5. The molecule has 0 N–H and O–H groups in total. The van der Waals surface area contributed by atoms with Crippen LogP contribution in [0.1, 0.15) is 29.6 Å². The maximum absolute atomic E-state index is 12.7. The number of carbonyl (C=O) groups excluding carboxylic acids is 1. The lowest BCUT2D eigenvalue weighted by atomic mass is 9.81. The SMILES string of the molecule is O=C(c1cc(Br)ccc1Cl)C1CCOC2(CCSC2)C1. The van der Waals surface area contributed by atoms with Crippen LogP contribution in [0.25, 0.3) is 0 Å². The molecule has 2 aliphatic heterocycles. The maximum Gasteiger partial charge on any atom is 0.167 e. The van der Waals surface area contributed by atoms with E-state index < -0.39 is 0 Å². The highest BCUT2D eigenvalue weighted by atomic mass is 79.9. The van der Waals surface area contributed by atoms with E-state index in [2.05, 4.69) is 15.9 Å². The second-order valence-corrected chi connectivity index (χ2v) is 7.94. The van der Waals surface area contributed by atoms with Gasteiger partial charge in [-0.15, -0.1) is 0 Å². The molecule has 1 spiro atoms. The Balaban J connectivity index is 1.81. The van der Waals surface area contributed by atoms with Crippen molar-refractivity contribution in [1.82, 2.24) is 0 Å². The highest BCUT2D eigenvalue weighted by molar-refractivity contribution is 9.10. The molecule has 2 heterocycles. The van der Waals surface area contributed by atoms with Crippen molar-refractivity contribution >= 4 is 45.1 Å². The van der Waals surface area contributed by atoms with Gasteiger partial charge >= 0.3 is 0 Å². The summed E-state index contributed by atoms with van der Waals surface area (Å²) in [5, 5.41) is 0.541. The number of benzene rings is 1. The molecule has 20 heavy (non-hydrogen) atoms. The number of hydrogen-bond acceptors (Lipinski definition) is 3. The van der Waals surface area contributed by atoms with Crippen LogP contribution in [0.5, 0.6) is 0 Å². The molecule has 0 aromatic heterocycles. The summed E-state index contributed by atoms with van der Waals surface area (Å²) in [6.45, 7) is 0.683. The molecule has 2 unspecified atom stereocenters. The fourth-order valence-electron chi connectivity index (χ4n) is 3.02. The molecule has 1 aromatic carbocycles. The fraction of sp³-hybridized carbons (Fsp3) is 0.533. The third-order valence-electron chi connectivity index (χ3n) is 4.12. The number of ether oxygens (including phenoxy) is 1. The van der Waals surface area contributed by atoms with Crippen LogP contribution < -0.4 is 0 Å². The molecular weight excluding hydrogens is 360 g/mol. The van der Waals surface area contributed by atoms with Crippen molar-refractivity contribution in [3.8, 4) is 0 Å². The highest BCUT2D eigenvalue weighted by Crippen LogP contribution is 2.41. The molecule has 108 valence electrons. The van der Waals surface area contributed by atoms with Crippen molar-refractivity contribution in [2.45, 2.75) is 24.9 Å². The first kappa shape index (κ1) is 14.9. The average molecular weight is 376 g/mol. The molecule has 2 saturated heterocycles. The van der Waals surface area contributed by atoms with E-state index in [9.17, 15) is 4.79 Å². The summed E-state index contributed by atoms with van der Waals surface area (Å²) in [7, 11) is 0. The lowest BCUT2D eigenvalue weighted by Gasteiger charge is -2.37. The Bertz CT molecular complexity index is 529. The Morgan fingerprint density at radius 1 is 1.50 bits per heavy atom. The Labute approximate surface area is 136 Å². The summed E-state index contributed by atoms with van der Waals surface area (Å²) in [5.41, 5.74) is 0.565. The summed E-state index contributed by atoms with van der Waals surface area (Å²) in [6, 6.07) is 5.47. The van der Waals surface area contributed by atoms with Crippen molar-refractivity contribution in [3.05, 3.63) is 33.3 Å². The van der Waals surface area contributed by atoms with Crippen LogP contribution in [0.2, 0.25) is 5.02 Å². The van der Waals surface area contributed by atoms with E-state index in [0.29, 0.717) is 17.2 Å². The van der Waals surface area contributed by atoms with Gasteiger partial charge in [-0.3, -0.25) is 4.79 Å². The first-order chi connectivity index (χ1) is 9.60. The van der Waals surface area contributed by atoms with Crippen molar-refractivity contribution in [2.24, 2.45) is 5.92 Å². The summed E-state index contributed by atoms with van der Waals surface area (Å²) < 4.78 is 6.87. The van der Waals surface area contributed by atoms with Gasteiger partial charge in [0.15, 0.2) is 5.78 Å². The first-order valence-electron chi connectivity index (χ1n) is 6.81. The number of rotatable bonds is 2. The number of ketones is 1. The molecule has 0 radical (unpaired) electrons. The van der Waals surface area contributed by atoms with Crippen LogP contribution in [0, 0.1) is 5.92 Å². The second-order valence-electron chi connectivity index (χ2n) is 5.51. The van der Waals surface area contributed by atoms with Crippen molar-refractivity contribution < 1.29 is 9.53 Å². The third-order valence-corrected chi connectivity index (χ3v) is 6.17. The van der Waals surface area contributed by atoms with Crippen LogP contribution in [-0.2, 0) is 4.74 Å². The number of carbonyl (C=O) groups is 1. The normalized spacial score (nSPS) is 29.8. The van der Waals surface area contributed by atoms with E-state index in [-0.39, 0.29) is 17.3 Å². The molecule has 0 bridgehead atoms. The van der Waals surface area contributed by atoms with Gasteiger partial charge in [0.25, 0.3) is 0 Å². The summed E-state index contributed by atoms with van der Waals surface area (Å²) in [4.78, 5) is 12.7. The van der Waals surface area contributed by atoms with Gasteiger partial charge in [0.2, 0.25) is 0 Å². The molecule has 0 aliphatic carbocycles. The fourth-order valence-corrected chi connectivity index (χ4v) is 4.97. The first-order valence-corrected chi connectivity index (χ1v) is 9.13. The molecule has 2 nitrogen and oxygen atoms in total. The smallest absolute Gasteiger partial charge is 0.167 e. The van der Waals surface area contributed by atoms with E-state index in [1.807, 2.05) is 23.9 Å². The Morgan fingerprint density at radius 3 is 3.10 bits per heavy atom. The van der Waals surface area contributed by atoms with Gasteiger partial charge in [-0.2, -0.15) is 11.8 Å². The van der Waals surface area contributed by atoms with Gasteiger partial charge in [0.1, 0.15) is 0 Å². The van der Waals surface area contributed by atoms with Gasteiger partial charge in [-0.05, 0) is 43.2 Å². The monoisotopic (exact) mass is 374 g/mol. The Morgan fingerprint density at radius 2 is 2.35 bits per heavy atom. The molecule has 2 fully saturated rings. The number of Topliss-reactive ketones (excluding diaryl/α,β-unsaturated/α-hetero) is 1. The van der Waals surface area contributed by atoms with Crippen LogP contribution in [0.4, 0.5) is 0 Å². The number of halogens is 2. The minimum Gasteiger partial charge on any atom is -0.374 e. The van der Waals surface area contributed by atoms with Crippen molar-refractivity contribution in [1.29, 1.82) is 0 Å². The average Bonchev–Trinajstić information content (AvgIpc) is 2.88. The molecule has 1 aromatic rings. The second kappa shape index (κ2) is 5.99. The van der Waals surface area contributed by atoms with Crippen molar-refractivity contribution in [3.63, 3.8) is 0 Å². The lowest BCUT2D eigenvalue weighted by molar-refractivity contribution is -0.0734. The van der Waals surface area contributed by atoms with E-state index in [0.717, 1.165) is 35.2 Å². The highest BCUT2D eigenvalue weighted by Gasteiger charge is 2.42. The quantitative estimate of drug-likeness (QED) is 0.707. The van der Waals surface area contributed by atoms with Gasteiger partial charge in [0, 0.05) is 28.3 Å². The van der Waals surface area contributed by atoms with Gasteiger partial charge in [0.05, 0.1) is 10.6 Å². The Hall–Kier alpha value is -0.0300. The van der Waals surface area contributed by atoms with E-state index in [1.165, 1.54) is 0 Å². The largest absolute Gasteiger partial charge is 0.374 e. The standard InChI is InChI=1S/C15H16BrClO2S/c16-11-1-2-13(17)12(7-11)14(18)10-3-5-19-15(8-10)4-6-20-9-15/h1-2,7,10H,3-6,8-9H2. The van der Waals surface area contributed by atoms with Crippen LogP contribution in [0.15, 0.2) is 22.7 Å². The minimum absolute atomic E-state index is 0.0363. The predicted octanol–water partition coefficient (Wildman–Crippen LogP) is 4.59. The van der Waals surface area contributed by atoms with Gasteiger partial charge in [-0.25, -0.2) is 0 Å². The molecular formula is C15H16BrClO2S. The maximum atomic E-state index is 12.7. The molecule has 3 rings (SSSR count). The van der Waals surface area contributed by atoms with E-state index >= 15 is 0 Å². The number of hydrogen-bond donors (Lipinski definition) is 0. The van der Waals surface area contributed by atoms with Crippen LogP contribution in [-0.4, -0.2) is 29.5 Å². The predicted molar refractivity (Wildman–Crippen MR) is 86.8 cm³/mol. The molecule has 2 aliphatic rings. The number of thioether (sulfide) groups is 1. The van der Waals surface area contributed by atoms with Gasteiger partial charge in [-0.1, -0.05) is 27.5 Å². The van der Waals surface area contributed by atoms with Gasteiger partial charge < -0.3 is 4.74 Å². The molecule has 5 heteroatoms. The van der Waals surface area contributed by atoms with E-state index in [4.69, 9.17) is 16.3 Å². The minimum atomic E-state index is -0.0677. The van der Waals surface area contributed by atoms with Crippen molar-refractivity contribution in [2.75, 3.05) is 18.1 Å². The zero-order valence-electron chi connectivity index (χ0n) is 11.0.